The number of aryl methyl sites for hydroxylation is 1. The smallest absolute Gasteiger partial charge is 0.187 e. The molecule has 0 radical (unpaired) electrons. The van der Waals surface area contributed by atoms with Crippen LogP contribution in [0.2, 0.25) is 0 Å². The van der Waals surface area contributed by atoms with Gasteiger partial charge in [-0.25, -0.2) is 8.78 Å². The van der Waals surface area contributed by atoms with Crippen molar-refractivity contribution in [3.05, 3.63) is 51.2 Å². The molecule has 1 heterocycles. The lowest BCUT2D eigenvalue weighted by Gasteiger charge is -2.05. The highest BCUT2D eigenvalue weighted by Gasteiger charge is 2.09. The Morgan fingerprint density at radius 1 is 1.17 bits per heavy atom. The molecule has 0 unspecified atom stereocenters. The second-order valence-electron chi connectivity index (χ2n) is 4.02. The first-order valence-corrected chi connectivity index (χ1v) is 6.31. The fourth-order valence-electron chi connectivity index (χ4n) is 1.63. The summed E-state index contributed by atoms with van der Waals surface area (Å²) in [6.45, 7) is 3.03. The van der Waals surface area contributed by atoms with E-state index in [0.717, 1.165) is 12.1 Å². The van der Waals surface area contributed by atoms with E-state index in [4.69, 9.17) is 5.11 Å². The first kappa shape index (κ1) is 13.0. The van der Waals surface area contributed by atoms with Gasteiger partial charge in [0.05, 0.1) is 0 Å². The molecule has 18 heavy (non-hydrogen) atoms. The minimum Gasteiger partial charge on any atom is -0.503 e. The largest absolute Gasteiger partial charge is 0.503 e. The van der Waals surface area contributed by atoms with Crippen LogP contribution >= 0.6 is 11.3 Å². The molecule has 0 spiro atoms. The number of halogens is 2. The molecule has 0 bridgehead atoms. The van der Waals surface area contributed by atoms with Crippen molar-refractivity contribution in [2.24, 2.45) is 0 Å². The zero-order valence-electron chi connectivity index (χ0n) is 9.84. The van der Waals surface area contributed by atoms with Crippen molar-refractivity contribution in [2.75, 3.05) is 0 Å². The molecule has 2 nitrogen and oxygen atoms in total. The Bertz CT molecular complexity index is 531. The Morgan fingerprint density at radius 3 is 2.39 bits per heavy atom. The maximum absolute atomic E-state index is 13.1. The molecule has 2 aromatic rings. The van der Waals surface area contributed by atoms with Gasteiger partial charge in [0.2, 0.25) is 0 Å². The highest BCUT2D eigenvalue weighted by atomic mass is 32.1. The van der Waals surface area contributed by atoms with Crippen LogP contribution < -0.4 is 5.32 Å². The Balaban J connectivity index is 1.94. The van der Waals surface area contributed by atoms with Gasteiger partial charge in [-0.1, -0.05) is 0 Å². The van der Waals surface area contributed by atoms with E-state index >= 15 is 0 Å². The predicted molar refractivity (Wildman–Crippen MR) is 67.6 cm³/mol. The third-order valence-corrected chi connectivity index (χ3v) is 3.50. The van der Waals surface area contributed by atoms with Crippen molar-refractivity contribution in [1.82, 2.24) is 5.32 Å². The standard InChI is InChI=1S/C13H13F2NOS/c1-8-2-3-10(18-8)7-16-6-9-4-11(14)13(17)12(15)5-9/h2-5,16-17H,6-7H2,1H3. The Labute approximate surface area is 108 Å². The number of benzene rings is 1. The van der Waals surface area contributed by atoms with Crippen molar-refractivity contribution in [2.45, 2.75) is 20.0 Å². The van der Waals surface area contributed by atoms with Gasteiger partial charge < -0.3 is 10.4 Å². The number of phenolic OH excluding ortho intramolecular Hbond substituents is 1. The molecule has 0 aliphatic carbocycles. The minimum atomic E-state index is -0.932. The van der Waals surface area contributed by atoms with Crippen LogP contribution in [0.25, 0.3) is 0 Å². The van der Waals surface area contributed by atoms with Gasteiger partial charge in [-0.3, -0.25) is 0 Å². The van der Waals surface area contributed by atoms with Crippen molar-refractivity contribution in [3.63, 3.8) is 0 Å². The zero-order valence-corrected chi connectivity index (χ0v) is 10.7. The molecule has 0 saturated carbocycles. The van der Waals surface area contributed by atoms with E-state index in [9.17, 15) is 8.78 Å². The molecule has 0 aliphatic heterocycles. The quantitative estimate of drug-likeness (QED) is 0.892. The van der Waals surface area contributed by atoms with Gasteiger partial charge in [0, 0.05) is 22.8 Å². The number of nitrogens with one attached hydrogen (secondary N) is 1. The highest BCUT2D eigenvalue weighted by Crippen LogP contribution is 2.21. The van der Waals surface area contributed by atoms with Crippen molar-refractivity contribution in [1.29, 1.82) is 0 Å². The third kappa shape index (κ3) is 3.05. The van der Waals surface area contributed by atoms with Gasteiger partial charge in [-0.15, -0.1) is 11.3 Å². The summed E-state index contributed by atoms with van der Waals surface area (Å²) in [6, 6.07) is 6.31. The first-order valence-electron chi connectivity index (χ1n) is 5.49. The van der Waals surface area contributed by atoms with Gasteiger partial charge in [-0.2, -0.15) is 0 Å². The minimum absolute atomic E-state index is 0.352. The predicted octanol–water partition coefficient (Wildman–Crippen LogP) is 3.33. The summed E-state index contributed by atoms with van der Waals surface area (Å²) in [6.07, 6.45) is 0. The summed E-state index contributed by atoms with van der Waals surface area (Å²) in [5, 5.41) is 12.1. The molecule has 2 rings (SSSR count). The molecule has 0 saturated heterocycles. The van der Waals surface area contributed by atoms with Crippen LogP contribution in [0.3, 0.4) is 0 Å². The van der Waals surface area contributed by atoms with Crippen molar-refractivity contribution in [3.8, 4) is 5.75 Å². The molecule has 5 heteroatoms. The molecule has 1 aromatic heterocycles. The summed E-state index contributed by atoms with van der Waals surface area (Å²) in [4.78, 5) is 2.40. The molecule has 2 N–H and O–H groups in total. The summed E-state index contributed by atoms with van der Waals surface area (Å²) < 4.78 is 26.2. The highest BCUT2D eigenvalue weighted by molar-refractivity contribution is 7.11. The monoisotopic (exact) mass is 269 g/mol. The van der Waals surface area contributed by atoms with E-state index in [1.54, 1.807) is 11.3 Å². The van der Waals surface area contributed by atoms with Gasteiger partial charge >= 0.3 is 0 Å². The lowest BCUT2D eigenvalue weighted by Crippen LogP contribution is -2.12. The summed E-state index contributed by atoms with van der Waals surface area (Å²) >= 11 is 1.68. The topological polar surface area (TPSA) is 32.3 Å². The van der Waals surface area contributed by atoms with E-state index in [-0.39, 0.29) is 0 Å². The first-order chi connectivity index (χ1) is 8.56. The molecule has 0 amide bonds. The van der Waals surface area contributed by atoms with Gasteiger partial charge in [-0.05, 0) is 36.8 Å². The third-order valence-electron chi connectivity index (χ3n) is 2.50. The van der Waals surface area contributed by atoms with Crippen LogP contribution in [0.15, 0.2) is 24.3 Å². The van der Waals surface area contributed by atoms with Gasteiger partial charge in [0.15, 0.2) is 17.4 Å². The summed E-state index contributed by atoms with van der Waals surface area (Å²) in [5.41, 5.74) is 0.469. The lowest BCUT2D eigenvalue weighted by atomic mass is 10.2. The second kappa shape index (κ2) is 5.46. The summed E-state index contributed by atoms with van der Waals surface area (Å²) in [7, 11) is 0. The average molecular weight is 269 g/mol. The Kier molecular flexibility index (Phi) is 3.93. The number of phenols is 1. The number of aromatic hydroxyl groups is 1. The molecule has 0 atom stereocenters. The molecular weight excluding hydrogens is 256 g/mol. The van der Waals surface area contributed by atoms with Crippen LogP contribution in [0, 0.1) is 18.6 Å². The van der Waals surface area contributed by atoms with Crippen molar-refractivity contribution < 1.29 is 13.9 Å². The van der Waals surface area contributed by atoms with Crippen LogP contribution in [0.5, 0.6) is 5.75 Å². The lowest BCUT2D eigenvalue weighted by molar-refractivity contribution is 0.395. The van der Waals surface area contributed by atoms with E-state index in [0.29, 0.717) is 18.7 Å². The van der Waals surface area contributed by atoms with Crippen LogP contribution in [0.4, 0.5) is 8.78 Å². The average Bonchev–Trinajstić information content (AvgIpc) is 2.72. The number of rotatable bonds is 4. The van der Waals surface area contributed by atoms with E-state index in [1.807, 2.05) is 19.1 Å². The van der Waals surface area contributed by atoms with E-state index in [2.05, 4.69) is 5.32 Å². The molecule has 96 valence electrons. The molecule has 0 fully saturated rings. The fourth-order valence-corrected chi connectivity index (χ4v) is 2.49. The molecular formula is C13H13F2NOS. The maximum atomic E-state index is 13.1. The van der Waals surface area contributed by atoms with Crippen molar-refractivity contribution >= 4 is 11.3 Å². The van der Waals surface area contributed by atoms with E-state index < -0.39 is 17.4 Å². The maximum Gasteiger partial charge on any atom is 0.187 e. The number of thiophene rings is 1. The SMILES string of the molecule is Cc1ccc(CNCc2cc(F)c(O)c(F)c2)s1. The number of hydrogen-bond acceptors (Lipinski definition) is 3. The second-order valence-corrected chi connectivity index (χ2v) is 5.40. The normalized spacial score (nSPS) is 10.8. The van der Waals surface area contributed by atoms with Gasteiger partial charge in [0.25, 0.3) is 0 Å². The summed E-state index contributed by atoms with van der Waals surface area (Å²) in [5.74, 6) is -2.79. The number of hydrogen-bond donors (Lipinski definition) is 2. The zero-order chi connectivity index (χ0) is 13.1. The molecule has 0 aliphatic rings. The van der Waals surface area contributed by atoms with E-state index in [1.165, 1.54) is 9.75 Å². The van der Waals surface area contributed by atoms with Crippen LogP contribution in [-0.4, -0.2) is 5.11 Å². The fraction of sp³-hybridized carbons (Fsp3) is 0.231. The van der Waals surface area contributed by atoms with Crippen LogP contribution in [0.1, 0.15) is 15.3 Å². The van der Waals surface area contributed by atoms with Crippen LogP contribution in [-0.2, 0) is 13.1 Å². The van der Waals surface area contributed by atoms with Gasteiger partial charge in [0.1, 0.15) is 0 Å². The Morgan fingerprint density at radius 2 is 1.83 bits per heavy atom. The molecule has 1 aromatic carbocycles. The Hall–Kier alpha value is -1.46.